The molecular formula is C17H20ClNO4. The van der Waals surface area contributed by atoms with Gasteiger partial charge in [0.2, 0.25) is 0 Å². The number of ketones is 1. The predicted octanol–water partition coefficient (Wildman–Crippen LogP) is 2.50. The molecule has 0 unspecified atom stereocenters. The molecule has 6 heteroatoms. The quantitative estimate of drug-likeness (QED) is 0.332. The third kappa shape index (κ3) is 5.21. The van der Waals surface area contributed by atoms with Gasteiger partial charge in [0.1, 0.15) is 5.38 Å². The first-order valence-corrected chi connectivity index (χ1v) is 7.57. The van der Waals surface area contributed by atoms with Gasteiger partial charge in [-0.25, -0.2) is 4.79 Å². The highest BCUT2D eigenvalue weighted by atomic mass is 35.5. The summed E-state index contributed by atoms with van der Waals surface area (Å²) in [6.45, 7) is 5.16. The molecule has 0 saturated heterocycles. The van der Waals surface area contributed by atoms with Crippen molar-refractivity contribution in [3.8, 4) is 0 Å². The third-order valence-corrected chi connectivity index (χ3v) is 3.80. The van der Waals surface area contributed by atoms with E-state index in [2.05, 4.69) is 11.3 Å². The highest BCUT2D eigenvalue weighted by Crippen LogP contribution is 2.22. The van der Waals surface area contributed by atoms with Crippen molar-refractivity contribution in [2.24, 2.45) is 0 Å². The predicted molar refractivity (Wildman–Crippen MR) is 88.0 cm³/mol. The Labute approximate surface area is 140 Å². The van der Waals surface area contributed by atoms with Crippen molar-refractivity contribution in [3.63, 3.8) is 0 Å². The number of carbonyl (C=O) groups is 3. The summed E-state index contributed by atoms with van der Waals surface area (Å²) in [6, 6.07) is 8.73. The lowest BCUT2D eigenvalue weighted by molar-refractivity contribution is -0.159. The van der Waals surface area contributed by atoms with Gasteiger partial charge in [-0.05, 0) is 12.5 Å². The normalized spacial score (nSPS) is 12.8. The van der Waals surface area contributed by atoms with Crippen molar-refractivity contribution < 1.29 is 19.1 Å². The zero-order valence-electron chi connectivity index (χ0n) is 13.2. The van der Waals surface area contributed by atoms with Crippen molar-refractivity contribution >= 4 is 29.3 Å². The van der Waals surface area contributed by atoms with Gasteiger partial charge in [-0.1, -0.05) is 36.4 Å². The lowest BCUT2D eigenvalue weighted by atomic mass is 10.1. The molecule has 0 radical (unpaired) electrons. The summed E-state index contributed by atoms with van der Waals surface area (Å²) in [6.07, 6.45) is 1.55. The molecule has 2 atom stereocenters. The van der Waals surface area contributed by atoms with Gasteiger partial charge >= 0.3 is 11.9 Å². The number of Topliss-reactive ketones (excluding diaryl/α,β-unsaturated/α-hetero) is 1. The first-order chi connectivity index (χ1) is 10.9. The Morgan fingerprint density at radius 3 is 2.43 bits per heavy atom. The fraction of sp³-hybridized carbons (Fsp3) is 0.353. The SMILES string of the molecule is C=CCC(=O)[C@@H](Cl)CN(C(=O)C(=O)OC)[C@H](C)c1ccccc1. The highest BCUT2D eigenvalue weighted by Gasteiger charge is 2.31. The summed E-state index contributed by atoms with van der Waals surface area (Å²) in [5.41, 5.74) is 0.824. The zero-order chi connectivity index (χ0) is 17.4. The maximum atomic E-state index is 12.3. The van der Waals surface area contributed by atoms with E-state index >= 15 is 0 Å². The molecule has 0 saturated carbocycles. The van der Waals surface area contributed by atoms with Crippen LogP contribution in [0.4, 0.5) is 0 Å². The minimum Gasteiger partial charge on any atom is -0.462 e. The van der Waals surface area contributed by atoms with E-state index in [1.54, 1.807) is 6.92 Å². The number of allylic oxidation sites excluding steroid dienone is 1. The maximum Gasteiger partial charge on any atom is 0.396 e. The summed E-state index contributed by atoms with van der Waals surface area (Å²) < 4.78 is 4.49. The number of carbonyl (C=O) groups excluding carboxylic acids is 3. The summed E-state index contributed by atoms with van der Waals surface area (Å²) in [5.74, 6) is -2.08. The molecule has 0 aliphatic rings. The molecule has 0 aliphatic heterocycles. The average molecular weight is 338 g/mol. The molecule has 124 valence electrons. The van der Waals surface area contributed by atoms with Crippen molar-refractivity contribution in [2.45, 2.75) is 24.8 Å². The smallest absolute Gasteiger partial charge is 0.396 e. The van der Waals surface area contributed by atoms with Crippen molar-refractivity contribution in [2.75, 3.05) is 13.7 Å². The number of halogens is 1. The van der Waals surface area contributed by atoms with E-state index in [1.165, 1.54) is 11.0 Å². The largest absolute Gasteiger partial charge is 0.462 e. The monoisotopic (exact) mass is 337 g/mol. The minimum absolute atomic E-state index is 0.0851. The number of alkyl halides is 1. The van der Waals surface area contributed by atoms with Crippen LogP contribution in [-0.2, 0) is 19.1 Å². The molecule has 1 aromatic rings. The third-order valence-electron chi connectivity index (χ3n) is 3.42. The second kappa shape index (κ2) is 9.10. The number of hydrogen-bond donors (Lipinski definition) is 0. The van der Waals surface area contributed by atoms with E-state index in [9.17, 15) is 14.4 Å². The molecule has 0 spiro atoms. The number of hydrogen-bond acceptors (Lipinski definition) is 4. The van der Waals surface area contributed by atoms with Gasteiger partial charge in [0, 0.05) is 13.0 Å². The Morgan fingerprint density at radius 2 is 1.91 bits per heavy atom. The summed E-state index contributed by atoms with van der Waals surface area (Å²) in [5, 5.41) is -0.923. The van der Waals surface area contributed by atoms with Crippen LogP contribution in [0.3, 0.4) is 0 Å². The molecule has 0 heterocycles. The first-order valence-electron chi connectivity index (χ1n) is 7.13. The molecule has 0 aliphatic carbocycles. The number of methoxy groups -OCH3 is 1. The zero-order valence-corrected chi connectivity index (χ0v) is 14.0. The lowest BCUT2D eigenvalue weighted by Crippen LogP contribution is -2.43. The number of rotatable bonds is 7. The number of ether oxygens (including phenoxy) is 1. The van der Waals surface area contributed by atoms with Gasteiger partial charge in [-0.2, -0.15) is 0 Å². The van der Waals surface area contributed by atoms with E-state index in [-0.39, 0.29) is 18.7 Å². The van der Waals surface area contributed by atoms with Gasteiger partial charge in [0.25, 0.3) is 0 Å². The van der Waals surface area contributed by atoms with Gasteiger partial charge in [-0.15, -0.1) is 18.2 Å². The average Bonchev–Trinajstić information content (AvgIpc) is 2.58. The van der Waals surface area contributed by atoms with Gasteiger partial charge in [-0.3, -0.25) is 9.59 Å². The molecule has 1 amide bonds. The van der Waals surface area contributed by atoms with Gasteiger partial charge in [0.05, 0.1) is 13.2 Å². The Morgan fingerprint density at radius 1 is 1.30 bits per heavy atom. The number of nitrogens with zero attached hydrogens (tertiary/aromatic N) is 1. The fourth-order valence-electron chi connectivity index (χ4n) is 2.08. The van der Waals surface area contributed by atoms with Crippen LogP contribution >= 0.6 is 11.6 Å². The molecular weight excluding hydrogens is 318 g/mol. The van der Waals surface area contributed by atoms with E-state index in [0.29, 0.717) is 0 Å². The van der Waals surface area contributed by atoms with E-state index in [4.69, 9.17) is 11.6 Å². The van der Waals surface area contributed by atoms with Crippen molar-refractivity contribution in [1.29, 1.82) is 0 Å². The molecule has 0 bridgehead atoms. The van der Waals surface area contributed by atoms with Crippen LogP contribution in [0.1, 0.15) is 24.9 Å². The van der Waals surface area contributed by atoms with E-state index < -0.39 is 23.3 Å². The molecule has 0 fully saturated rings. The van der Waals surface area contributed by atoms with Crippen LogP contribution in [0.15, 0.2) is 43.0 Å². The molecule has 23 heavy (non-hydrogen) atoms. The molecule has 1 aromatic carbocycles. The maximum absolute atomic E-state index is 12.3. The first kappa shape index (κ1) is 18.9. The Bertz CT molecular complexity index is 573. The van der Waals surface area contributed by atoms with Crippen LogP contribution in [0.2, 0.25) is 0 Å². The molecule has 1 rings (SSSR count). The second-order valence-electron chi connectivity index (χ2n) is 4.96. The summed E-state index contributed by atoms with van der Waals surface area (Å²) in [7, 11) is 1.13. The fourth-order valence-corrected chi connectivity index (χ4v) is 2.32. The van der Waals surface area contributed by atoms with E-state index in [0.717, 1.165) is 12.7 Å². The highest BCUT2D eigenvalue weighted by molar-refractivity contribution is 6.34. The molecule has 0 N–H and O–H groups in total. The van der Waals surface area contributed by atoms with Gasteiger partial charge in [0.15, 0.2) is 5.78 Å². The van der Waals surface area contributed by atoms with E-state index in [1.807, 2.05) is 30.3 Å². The second-order valence-corrected chi connectivity index (χ2v) is 5.49. The van der Waals surface area contributed by atoms with Crippen LogP contribution in [0.5, 0.6) is 0 Å². The van der Waals surface area contributed by atoms with Crippen molar-refractivity contribution in [3.05, 3.63) is 48.6 Å². The van der Waals surface area contributed by atoms with Gasteiger partial charge < -0.3 is 9.64 Å². The Kier molecular flexibility index (Phi) is 7.48. The summed E-state index contributed by atoms with van der Waals surface area (Å²) in [4.78, 5) is 37.0. The molecule has 0 aromatic heterocycles. The standard InChI is InChI=1S/C17H20ClNO4/c1-4-8-15(20)14(18)11-19(16(21)17(22)23-3)12(2)13-9-6-5-7-10-13/h4-7,9-10,12,14H,1,8,11H2,2-3H3/t12-,14+/m1/s1. The Hall–Kier alpha value is -2.14. The lowest BCUT2D eigenvalue weighted by Gasteiger charge is -2.30. The number of benzene rings is 1. The minimum atomic E-state index is -0.993. The number of esters is 1. The van der Waals surface area contributed by atoms with Crippen LogP contribution in [0.25, 0.3) is 0 Å². The molecule has 5 nitrogen and oxygen atoms in total. The van der Waals surface area contributed by atoms with Crippen molar-refractivity contribution in [1.82, 2.24) is 4.90 Å². The summed E-state index contributed by atoms with van der Waals surface area (Å²) >= 11 is 6.08. The van der Waals surface area contributed by atoms with Crippen LogP contribution < -0.4 is 0 Å². The number of amides is 1. The topological polar surface area (TPSA) is 63.7 Å². The Balaban J connectivity index is 3.02. The van der Waals surface area contributed by atoms with Crippen LogP contribution in [0, 0.1) is 0 Å². The van der Waals surface area contributed by atoms with Crippen LogP contribution in [-0.4, -0.2) is 41.6 Å².